The van der Waals surface area contributed by atoms with Crippen LogP contribution in [0.1, 0.15) is 12.8 Å². The monoisotopic (exact) mass is 328 g/mol. The lowest BCUT2D eigenvalue weighted by atomic mass is 9.97. The van der Waals surface area contributed by atoms with Crippen molar-refractivity contribution in [3.8, 4) is 11.3 Å². The zero-order valence-electron chi connectivity index (χ0n) is 12.4. The smallest absolute Gasteiger partial charge is 0.220 e. The molecule has 8 heteroatoms. The van der Waals surface area contributed by atoms with Gasteiger partial charge >= 0.3 is 0 Å². The number of aromatic nitrogens is 4. The number of carbonyl (C=O) groups is 1. The van der Waals surface area contributed by atoms with E-state index in [1.165, 1.54) is 0 Å². The lowest BCUT2D eigenvalue weighted by Gasteiger charge is -2.29. The van der Waals surface area contributed by atoms with Crippen molar-refractivity contribution in [1.82, 2.24) is 19.6 Å². The van der Waals surface area contributed by atoms with Gasteiger partial charge in [-0.05, 0) is 25.0 Å². The second kappa shape index (κ2) is 5.62. The van der Waals surface area contributed by atoms with E-state index < -0.39 is 0 Å². The topological polar surface area (TPSA) is 89.4 Å². The van der Waals surface area contributed by atoms with Crippen LogP contribution in [0.5, 0.6) is 0 Å². The molecule has 1 fully saturated rings. The minimum absolute atomic E-state index is 0.00696. The first-order chi connectivity index (χ1) is 11.2. The van der Waals surface area contributed by atoms with Gasteiger partial charge in [0.2, 0.25) is 16.0 Å². The first kappa shape index (κ1) is 14.1. The number of carbonyl (C=O) groups excluding carboxylic acids is 1. The standard InChI is InChI=1S/C15H16N6OS/c16-13(22)10-3-6-20(7-4-10)15-19-21-9-12(18-14(21)23-15)11-2-1-5-17-8-11/h1-2,5,8-10H,3-4,6-7H2,(H2,16,22). The van der Waals surface area contributed by atoms with Crippen LogP contribution in [0.4, 0.5) is 5.13 Å². The van der Waals surface area contributed by atoms with Gasteiger partial charge in [0, 0.05) is 37.0 Å². The van der Waals surface area contributed by atoms with Crippen LogP contribution in [0.2, 0.25) is 0 Å². The molecule has 118 valence electrons. The quantitative estimate of drug-likeness (QED) is 0.788. The lowest BCUT2D eigenvalue weighted by Crippen LogP contribution is -2.38. The summed E-state index contributed by atoms with van der Waals surface area (Å²) in [7, 11) is 0. The number of hydrogen-bond acceptors (Lipinski definition) is 6. The molecular weight excluding hydrogens is 312 g/mol. The average molecular weight is 328 g/mol. The summed E-state index contributed by atoms with van der Waals surface area (Å²) < 4.78 is 1.81. The summed E-state index contributed by atoms with van der Waals surface area (Å²) in [5.41, 5.74) is 7.23. The molecule has 0 saturated carbocycles. The third kappa shape index (κ3) is 2.65. The molecule has 0 radical (unpaired) electrons. The Labute approximate surface area is 136 Å². The van der Waals surface area contributed by atoms with Crippen molar-refractivity contribution >= 4 is 27.3 Å². The summed E-state index contributed by atoms with van der Waals surface area (Å²) in [4.78, 5) is 23.0. The Balaban J connectivity index is 1.54. The molecule has 3 aromatic rings. The largest absolute Gasteiger partial charge is 0.369 e. The van der Waals surface area contributed by atoms with Crippen LogP contribution in [-0.4, -0.2) is 38.6 Å². The second-order valence-electron chi connectivity index (χ2n) is 5.64. The molecule has 1 aliphatic heterocycles. The van der Waals surface area contributed by atoms with E-state index in [4.69, 9.17) is 5.73 Å². The van der Waals surface area contributed by atoms with Crippen LogP contribution in [-0.2, 0) is 4.79 Å². The first-order valence-corrected chi connectivity index (χ1v) is 8.33. The van der Waals surface area contributed by atoms with Gasteiger partial charge < -0.3 is 10.6 Å². The number of piperidine rings is 1. The van der Waals surface area contributed by atoms with Crippen molar-refractivity contribution in [2.45, 2.75) is 12.8 Å². The summed E-state index contributed by atoms with van der Waals surface area (Å²) >= 11 is 1.56. The summed E-state index contributed by atoms with van der Waals surface area (Å²) in [6.45, 7) is 1.61. The predicted octanol–water partition coefficient (Wildman–Crippen LogP) is 1.55. The molecule has 0 unspecified atom stereocenters. The minimum Gasteiger partial charge on any atom is -0.369 e. The van der Waals surface area contributed by atoms with Crippen molar-refractivity contribution in [2.75, 3.05) is 18.0 Å². The van der Waals surface area contributed by atoms with Gasteiger partial charge in [0.15, 0.2) is 0 Å². The van der Waals surface area contributed by atoms with Crippen LogP contribution in [0.3, 0.4) is 0 Å². The highest BCUT2D eigenvalue weighted by atomic mass is 32.1. The Hall–Kier alpha value is -2.48. The van der Waals surface area contributed by atoms with Crippen molar-refractivity contribution in [3.63, 3.8) is 0 Å². The Morgan fingerprint density at radius 2 is 2.17 bits per heavy atom. The van der Waals surface area contributed by atoms with E-state index in [0.717, 1.165) is 47.3 Å². The van der Waals surface area contributed by atoms with Gasteiger partial charge in [0.05, 0.1) is 11.9 Å². The minimum atomic E-state index is -0.195. The molecule has 1 aliphatic rings. The maximum Gasteiger partial charge on any atom is 0.220 e. The normalized spacial score (nSPS) is 16.1. The summed E-state index contributed by atoms with van der Waals surface area (Å²) in [6, 6.07) is 3.87. The summed E-state index contributed by atoms with van der Waals surface area (Å²) in [5, 5.41) is 5.55. The first-order valence-electron chi connectivity index (χ1n) is 7.51. The highest BCUT2D eigenvalue weighted by molar-refractivity contribution is 7.20. The molecule has 7 nitrogen and oxygen atoms in total. The van der Waals surface area contributed by atoms with E-state index in [1.807, 2.05) is 22.8 Å². The Bertz CT molecular complexity index is 803. The fourth-order valence-corrected chi connectivity index (χ4v) is 3.76. The Morgan fingerprint density at radius 3 is 2.83 bits per heavy atom. The van der Waals surface area contributed by atoms with Gasteiger partial charge in [-0.3, -0.25) is 9.78 Å². The van der Waals surface area contributed by atoms with E-state index in [0.29, 0.717) is 0 Å². The third-order valence-electron chi connectivity index (χ3n) is 4.16. The highest BCUT2D eigenvalue weighted by Crippen LogP contribution is 2.29. The van der Waals surface area contributed by atoms with Gasteiger partial charge in [-0.1, -0.05) is 11.3 Å². The van der Waals surface area contributed by atoms with Gasteiger partial charge in [0.25, 0.3) is 0 Å². The van der Waals surface area contributed by atoms with E-state index in [2.05, 4.69) is 20.0 Å². The molecule has 0 aromatic carbocycles. The maximum absolute atomic E-state index is 11.2. The van der Waals surface area contributed by atoms with Crippen molar-refractivity contribution in [2.24, 2.45) is 11.7 Å². The molecule has 4 heterocycles. The zero-order chi connectivity index (χ0) is 15.8. The van der Waals surface area contributed by atoms with Gasteiger partial charge in [0.1, 0.15) is 0 Å². The van der Waals surface area contributed by atoms with Crippen LogP contribution in [0, 0.1) is 5.92 Å². The summed E-state index contributed by atoms with van der Waals surface area (Å²) in [6.07, 6.45) is 7.04. The molecule has 3 aromatic heterocycles. The molecule has 23 heavy (non-hydrogen) atoms. The number of hydrogen-bond donors (Lipinski definition) is 1. The van der Waals surface area contributed by atoms with Crippen molar-refractivity contribution < 1.29 is 4.79 Å². The number of amides is 1. The van der Waals surface area contributed by atoms with Crippen LogP contribution < -0.4 is 10.6 Å². The number of imidazole rings is 1. The SMILES string of the molecule is NC(=O)C1CCN(c2nn3cc(-c4cccnc4)nc3s2)CC1. The highest BCUT2D eigenvalue weighted by Gasteiger charge is 2.25. The van der Waals surface area contributed by atoms with Crippen molar-refractivity contribution in [1.29, 1.82) is 0 Å². The number of fused-ring (bicyclic) bond motifs is 1. The molecule has 0 bridgehead atoms. The molecule has 0 spiro atoms. The van der Waals surface area contributed by atoms with E-state index >= 15 is 0 Å². The number of nitrogens with zero attached hydrogens (tertiary/aromatic N) is 5. The molecule has 1 amide bonds. The molecular formula is C15H16N6OS. The van der Waals surface area contributed by atoms with Crippen LogP contribution >= 0.6 is 11.3 Å². The number of nitrogens with two attached hydrogens (primary N) is 1. The van der Waals surface area contributed by atoms with E-state index in [9.17, 15) is 4.79 Å². The molecule has 2 N–H and O–H groups in total. The molecule has 4 rings (SSSR count). The fourth-order valence-electron chi connectivity index (χ4n) is 2.83. The van der Waals surface area contributed by atoms with E-state index in [-0.39, 0.29) is 11.8 Å². The number of rotatable bonds is 3. The summed E-state index contributed by atoms with van der Waals surface area (Å²) in [5.74, 6) is -0.202. The zero-order valence-corrected chi connectivity index (χ0v) is 13.2. The van der Waals surface area contributed by atoms with Crippen LogP contribution in [0.15, 0.2) is 30.7 Å². The Morgan fingerprint density at radius 1 is 1.35 bits per heavy atom. The molecule has 0 atom stereocenters. The van der Waals surface area contributed by atoms with Crippen LogP contribution in [0.25, 0.3) is 16.2 Å². The van der Waals surface area contributed by atoms with Gasteiger partial charge in [-0.2, -0.15) is 0 Å². The number of primary amides is 1. The van der Waals surface area contributed by atoms with Gasteiger partial charge in [-0.25, -0.2) is 9.50 Å². The molecule has 0 aliphatic carbocycles. The Kier molecular flexibility index (Phi) is 3.45. The fraction of sp³-hybridized carbons (Fsp3) is 0.333. The molecule has 1 saturated heterocycles. The van der Waals surface area contributed by atoms with Crippen molar-refractivity contribution in [3.05, 3.63) is 30.7 Å². The number of anilines is 1. The number of pyridine rings is 1. The predicted molar refractivity (Wildman–Crippen MR) is 88.2 cm³/mol. The lowest BCUT2D eigenvalue weighted by molar-refractivity contribution is -0.122. The maximum atomic E-state index is 11.2. The van der Waals surface area contributed by atoms with E-state index in [1.54, 1.807) is 23.7 Å². The second-order valence-corrected chi connectivity index (χ2v) is 6.58. The average Bonchev–Trinajstić information content (AvgIpc) is 3.14. The van der Waals surface area contributed by atoms with Gasteiger partial charge in [-0.15, -0.1) is 5.10 Å². The third-order valence-corrected chi connectivity index (χ3v) is 5.14.